The van der Waals surface area contributed by atoms with E-state index < -0.39 is 0 Å². The molecule has 0 spiro atoms. The Labute approximate surface area is 124 Å². The van der Waals surface area contributed by atoms with Crippen molar-refractivity contribution in [2.24, 2.45) is 5.92 Å². The molecule has 0 amide bonds. The lowest BCUT2D eigenvalue weighted by Crippen LogP contribution is -2.41. The fourth-order valence-electron chi connectivity index (χ4n) is 3.50. The summed E-state index contributed by atoms with van der Waals surface area (Å²) in [5.74, 6) is 0.836. The Balaban J connectivity index is 2.08. The Hall–Kier alpha value is -0.830. The first-order valence-electron chi connectivity index (χ1n) is 8.57. The van der Waals surface area contributed by atoms with Crippen LogP contribution < -0.4 is 5.32 Å². The van der Waals surface area contributed by atoms with Crippen molar-refractivity contribution in [1.29, 1.82) is 0 Å². The van der Waals surface area contributed by atoms with Crippen LogP contribution in [0.15, 0.2) is 6.07 Å². The van der Waals surface area contributed by atoms with Crippen LogP contribution in [0.1, 0.15) is 64.3 Å². The van der Waals surface area contributed by atoms with Gasteiger partial charge in [-0.1, -0.05) is 40.0 Å². The SMILES string of the molecule is CCNC(Cn1nc(CC)cc1CC)C1CCCCC1. The Morgan fingerprint density at radius 3 is 2.55 bits per heavy atom. The molecule has 0 saturated heterocycles. The third-order valence-electron chi connectivity index (χ3n) is 4.69. The number of nitrogens with zero attached hydrogens (tertiary/aromatic N) is 2. The van der Waals surface area contributed by atoms with E-state index in [2.05, 4.69) is 36.8 Å². The van der Waals surface area contributed by atoms with Crippen molar-refractivity contribution in [1.82, 2.24) is 15.1 Å². The summed E-state index contributed by atoms with van der Waals surface area (Å²) in [5.41, 5.74) is 2.63. The lowest BCUT2D eigenvalue weighted by atomic mass is 9.84. The van der Waals surface area contributed by atoms with E-state index in [9.17, 15) is 0 Å². The van der Waals surface area contributed by atoms with Crippen LogP contribution in [0, 0.1) is 5.92 Å². The number of likely N-dealkylation sites (N-methyl/N-ethyl adjacent to an activating group) is 1. The van der Waals surface area contributed by atoms with Gasteiger partial charge in [0.05, 0.1) is 12.2 Å². The molecule has 1 fully saturated rings. The standard InChI is InChI=1S/C17H31N3/c1-4-15-12-16(5-2)20(19-15)13-17(18-6-3)14-10-8-7-9-11-14/h12,14,17-18H,4-11,13H2,1-3H3. The topological polar surface area (TPSA) is 29.9 Å². The van der Waals surface area contributed by atoms with Gasteiger partial charge in [-0.2, -0.15) is 5.10 Å². The molecule has 1 N–H and O–H groups in total. The smallest absolute Gasteiger partial charge is 0.0624 e. The van der Waals surface area contributed by atoms with Gasteiger partial charge in [-0.05, 0) is 44.2 Å². The number of hydrogen-bond donors (Lipinski definition) is 1. The van der Waals surface area contributed by atoms with Crippen molar-refractivity contribution in [3.8, 4) is 0 Å². The number of rotatable bonds is 7. The van der Waals surface area contributed by atoms with Crippen molar-refractivity contribution < 1.29 is 0 Å². The van der Waals surface area contributed by atoms with Gasteiger partial charge in [0.1, 0.15) is 0 Å². The maximum Gasteiger partial charge on any atom is 0.0624 e. The Morgan fingerprint density at radius 2 is 1.95 bits per heavy atom. The molecule has 20 heavy (non-hydrogen) atoms. The molecule has 1 aliphatic rings. The molecular weight excluding hydrogens is 246 g/mol. The molecule has 1 aromatic heterocycles. The summed E-state index contributed by atoms with van der Waals surface area (Å²) in [5, 5.41) is 8.51. The van der Waals surface area contributed by atoms with Crippen LogP contribution in [0.2, 0.25) is 0 Å². The summed E-state index contributed by atoms with van der Waals surface area (Å²) >= 11 is 0. The number of aryl methyl sites for hydroxylation is 2. The van der Waals surface area contributed by atoms with Crippen LogP contribution in [-0.2, 0) is 19.4 Å². The molecule has 1 atom stereocenters. The van der Waals surface area contributed by atoms with E-state index in [1.807, 2.05) is 0 Å². The molecule has 1 aliphatic carbocycles. The quantitative estimate of drug-likeness (QED) is 0.826. The Kier molecular flexibility index (Phi) is 6.08. The van der Waals surface area contributed by atoms with Gasteiger partial charge >= 0.3 is 0 Å². The van der Waals surface area contributed by atoms with Crippen molar-refractivity contribution in [3.63, 3.8) is 0 Å². The van der Waals surface area contributed by atoms with Crippen LogP contribution in [0.5, 0.6) is 0 Å². The van der Waals surface area contributed by atoms with Gasteiger partial charge in [-0.25, -0.2) is 0 Å². The minimum absolute atomic E-state index is 0.593. The Morgan fingerprint density at radius 1 is 1.20 bits per heavy atom. The maximum atomic E-state index is 4.79. The van der Waals surface area contributed by atoms with Crippen LogP contribution in [0.4, 0.5) is 0 Å². The van der Waals surface area contributed by atoms with E-state index in [4.69, 9.17) is 5.10 Å². The number of aromatic nitrogens is 2. The number of hydrogen-bond acceptors (Lipinski definition) is 2. The molecule has 0 bridgehead atoms. The molecule has 2 rings (SSSR count). The van der Waals surface area contributed by atoms with Crippen molar-refractivity contribution in [2.45, 2.75) is 78.3 Å². The van der Waals surface area contributed by atoms with E-state index in [-0.39, 0.29) is 0 Å². The van der Waals surface area contributed by atoms with Crippen molar-refractivity contribution >= 4 is 0 Å². The second kappa shape index (κ2) is 7.82. The first kappa shape index (κ1) is 15.6. The van der Waals surface area contributed by atoms with Gasteiger partial charge in [0.25, 0.3) is 0 Å². The average molecular weight is 277 g/mol. The van der Waals surface area contributed by atoms with E-state index in [1.165, 1.54) is 43.5 Å². The minimum atomic E-state index is 0.593. The van der Waals surface area contributed by atoms with Gasteiger partial charge < -0.3 is 5.32 Å². The summed E-state index contributed by atoms with van der Waals surface area (Å²) in [6, 6.07) is 2.87. The van der Waals surface area contributed by atoms with E-state index in [0.717, 1.165) is 31.8 Å². The molecule has 3 nitrogen and oxygen atoms in total. The van der Waals surface area contributed by atoms with Crippen LogP contribution in [0.25, 0.3) is 0 Å². The molecule has 1 saturated carbocycles. The van der Waals surface area contributed by atoms with Gasteiger partial charge in [-0.15, -0.1) is 0 Å². The fraction of sp³-hybridized carbons (Fsp3) is 0.824. The van der Waals surface area contributed by atoms with Gasteiger partial charge in [0, 0.05) is 11.7 Å². The summed E-state index contributed by atoms with van der Waals surface area (Å²) in [6.07, 6.45) is 9.14. The van der Waals surface area contributed by atoms with E-state index in [0.29, 0.717) is 6.04 Å². The zero-order valence-electron chi connectivity index (χ0n) is 13.5. The monoisotopic (exact) mass is 277 g/mol. The second-order valence-corrected chi connectivity index (χ2v) is 6.08. The molecule has 1 aromatic rings. The second-order valence-electron chi connectivity index (χ2n) is 6.08. The highest BCUT2D eigenvalue weighted by Gasteiger charge is 2.24. The molecule has 114 valence electrons. The maximum absolute atomic E-state index is 4.79. The first-order chi connectivity index (χ1) is 9.78. The first-order valence-corrected chi connectivity index (χ1v) is 8.57. The van der Waals surface area contributed by atoms with Crippen molar-refractivity contribution in [3.05, 3.63) is 17.5 Å². The summed E-state index contributed by atoms with van der Waals surface area (Å²) in [6.45, 7) is 8.74. The molecule has 3 heteroatoms. The van der Waals surface area contributed by atoms with Gasteiger partial charge in [0.15, 0.2) is 0 Å². The third kappa shape index (κ3) is 3.85. The summed E-state index contributed by atoms with van der Waals surface area (Å²) in [4.78, 5) is 0. The predicted octanol–water partition coefficient (Wildman–Crippen LogP) is 3.57. The highest BCUT2D eigenvalue weighted by atomic mass is 15.3. The lowest BCUT2D eigenvalue weighted by molar-refractivity contribution is 0.243. The molecule has 1 heterocycles. The Bertz CT molecular complexity index is 391. The molecule has 0 radical (unpaired) electrons. The van der Waals surface area contributed by atoms with Crippen LogP contribution >= 0.6 is 0 Å². The van der Waals surface area contributed by atoms with Gasteiger partial charge in [0.2, 0.25) is 0 Å². The number of nitrogens with one attached hydrogen (secondary N) is 1. The zero-order valence-corrected chi connectivity index (χ0v) is 13.5. The highest BCUT2D eigenvalue weighted by molar-refractivity contribution is 5.10. The fourth-order valence-corrected chi connectivity index (χ4v) is 3.50. The molecular formula is C17H31N3. The summed E-state index contributed by atoms with van der Waals surface area (Å²) in [7, 11) is 0. The molecule has 1 unspecified atom stereocenters. The average Bonchev–Trinajstić information content (AvgIpc) is 2.90. The molecule has 0 aliphatic heterocycles. The minimum Gasteiger partial charge on any atom is -0.312 e. The largest absolute Gasteiger partial charge is 0.312 e. The normalized spacial score (nSPS) is 18.4. The lowest BCUT2D eigenvalue weighted by Gasteiger charge is -2.31. The van der Waals surface area contributed by atoms with Gasteiger partial charge in [-0.3, -0.25) is 4.68 Å². The predicted molar refractivity (Wildman–Crippen MR) is 85.0 cm³/mol. The molecule has 0 aromatic carbocycles. The van der Waals surface area contributed by atoms with Crippen LogP contribution in [0.3, 0.4) is 0 Å². The third-order valence-corrected chi connectivity index (χ3v) is 4.69. The van der Waals surface area contributed by atoms with E-state index >= 15 is 0 Å². The van der Waals surface area contributed by atoms with Crippen molar-refractivity contribution in [2.75, 3.05) is 6.54 Å². The van der Waals surface area contributed by atoms with Crippen LogP contribution in [-0.4, -0.2) is 22.4 Å². The highest BCUT2D eigenvalue weighted by Crippen LogP contribution is 2.27. The zero-order chi connectivity index (χ0) is 14.4. The summed E-state index contributed by atoms with van der Waals surface area (Å²) < 4.78 is 2.26. The van der Waals surface area contributed by atoms with E-state index in [1.54, 1.807) is 0 Å².